The number of likely N-dealkylation sites (tertiary alicyclic amines) is 1. The van der Waals surface area contributed by atoms with Gasteiger partial charge in [-0.15, -0.1) is 11.3 Å². The third kappa shape index (κ3) is 2.62. The predicted molar refractivity (Wildman–Crippen MR) is 88.4 cm³/mol. The summed E-state index contributed by atoms with van der Waals surface area (Å²) in [6.07, 6.45) is 1.76. The number of aromatic nitrogens is 2. The molecule has 3 aromatic rings. The van der Waals surface area contributed by atoms with Gasteiger partial charge >= 0.3 is 0 Å². The van der Waals surface area contributed by atoms with E-state index < -0.39 is 0 Å². The molecule has 1 fully saturated rings. The largest absolute Gasteiger partial charge is 0.340 e. The molecule has 0 radical (unpaired) electrons. The van der Waals surface area contributed by atoms with Crippen molar-refractivity contribution in [1.29, 1.82) is 0 Å². The molecule has 1 N–H and O–H groups in total. The highest BCUT2D eigenvalue weighted by molar-refractivity contribution is 7.17. The Morgan fingerprint density at radius 3 is 3.04 bits per heavy atom. The summed E-state index contributed by atoms with van der Waals surface area (Å²) in [5.74, 6) is 0.371. The number of hydrogen-bond donors (Lipinski definition) is 1. The van der Waals surface area contributed by atoms with E-state index in [9.17, 15) is 9.18 Å². The van der Waals surface area contributed by atoms with Gasteiger partial charge in [0.15, 0.2) is 0 Å². The average Bonchev–Trinajstić information content (AvgIpc) is 3.23. The fourth-order valence-corrected chi connectivity index (χ4v) is 4.02. The van der Waals surface area contributed by atoms with E-state index in [-0.39, 0.29) is 17.8 Å². The summed E-state index contributed by atoms with van der Waals surface area (Å²) in [5.41, 5.74) is 1.36. The second-order valence-electron chi connectivity index (χ2n) is 5.54. The van der Waals surface area contributed by atoms with Gasteiger partial charge in [-0.25, -0.2) is 9.37 Å². The number of hydrogen-bond acceptors (Lipinski definition) is 3. The topological polar surface area (TPSA) is 49.0 Å². The molecule has 1 aliphatic rings. The minimum atomic E-state index is -0.305. The first-order valence-corrected chi connectivity index (χ1v) is 8.53. The summed E-state index contributed by atoms with van der Waals surface area (Å²) < 4.78 is 13.9. The average molecular weight is 350 g/mol. The van der Waals surface area contributed by atoms with Crippen LogP contribution in [0.25, 0.3) is 11.0 Å². The molecule has 3 heterocycles. The monoisotopic (exact) mass is 349 g/mol. The number of rotatable bonds is 2. The second kappa shape index (κ2) is 5.62. The SMILES string of the molecule is O=C(c1ccc(Cl)s1)N1CCC[C@@H]1c1nc2ccc(F)cc2[nH]1. The Balaban J connectivity index is 1.67. The van der Waals surface area contributed by atoms with Gasteiger partial charge in [0.1, 0.15) is 11.6 Å². The number of carbonyl (C=O) groups is 1. The molecule has 7 heteroatoms. The fourth-order valence-electron chi connectivity index (χ4n) is 3.02. The summed E-state index contributed by atoms with van der Waals surface area (Å²) in [7, 11) is 0. The third-order valence-electron chi connectivity index (χ3n) is 4.08. The van der Waals surface area contributed by atoms with Gasteiger partial charge in [-0.2, -0.15) is 0 Å². The number of carbonyl (C=O) groups excluding carboxylic acids is 1. The van der Waals surface area contributed by atoms with E-state index in [1.54, 1.807) is 18.2 Å². The summed E-state index contributed by atoms with van der Waals surface area (Å²) in [6.45, 7) is 0.685. The van der Waals surface area contributed by atoms with Crippen molar-refractivity contribution in [3.05, 3.63) is 51.2 Å². The first-order chi connectivity index (χ1) is 11.1. The molecule has 1 saturated heterocycles. The molecule has 1 amide bonds. The van der Waals surface area contributed by atoms with Crippen molar-refractivity contribution in [2.75, 3.05) is 6.54 Å². The minimum Gasteiger partial charge on any atom is -0.340 e. The van der Waals surface area contributed by atoms with E-state index in [1.807, 2.05) is 4.90 Å². The Morgan fingerprint density at radius 1 is 1.39 bits per heavy atom. The van der Waals surface area contributed by atoms with E-state index in [4.69, 9.17) is 11.6 Å². The molecule has 1 aromatic carbocycles. The van der Waals surface area contributed by atoms with Crippen molar-refractivity contribution in [3.8, 4) is 0 Å². The molecule has 0 aliphatic carbocycles. The number of imidazole rings is 1. The molecule has 0 unspecified atom stereocenters. The molecule has 118 valence electrons. The number of halogens is 2. The van der Waals surface area contributed by atoms with Crippen molar-refractivity contribution in [3.63, 3.8) is 0 Å². The Bertz CT molecular complexity index is 890. The van der Waals surface area contributed by atoms with Crippen LogP contribution in [0.15, 0.2) is 30.3 Å². The lowest BCUT2D eigenvalue weighted by Gasteiger charge is -2.22. The van der Waals surface area contributed by atoms with Gasteiger partial charge in [0.2, 0.25) is 0 Å². The second-order valence-corrected chi connectivity index (χ2v) is 7.26. The number of nitrogens with one attached hydrogen (secondary N) is 1. The minimum absolute atomic E-state index is 0.0314. The van der Waals surface area contributed by atoms with Gasteiger partial charge in [0.25, 0.3) is 5.91 Å². The first kappa shape index (κ1) is 14.7. The van der Waals surface area contributed by atoms with Gasteiger partial charge in [-0.05, 0) is 43.2 Å². The summed E-state index contributed by atoms with van der Waals surface area (Å²) in [5, 5.41) is 0. The number of fused-ring (bicyclic) bond motifs is 1. The molecule has 1 atom stereocenters. The van der Waals surface area contributed by atoms with Gasteiger partial charge in [-0.3, -0.25) is 4.79 Å². The maximum absolute atomic E-state index is 13.3. The van der Waals surface area contributed by atoms with Gasteiger partial charge < -0.3 is 9.88 Å². The number of thiophene rings is 1. The quantitative estimate of drug-likeness (QED) is 0.745. The Kier molecular flexibility index (Phi) is 3.58. The van der Waals surface area contributed by atoms with Crippen molar-refractivity contribution < 1.29 is 9.18 Å². The zero-order valence-electron chi connectivity index (χ0n) is 12.1. The van der Waals surface area contributed by atoms with E-state index in [2.05, 4.69) is 9.97 Å². The molecule has 1 aliphatic heterocycles. The lowest BCUT2D eigenvalue weighted by molar-refractivity contribution is 0.0735. The Labute approximate surface area is 140 Å². The van der Waals surface area contributed by atoms with Crippen molar-refractivity contribution in [2.24, 2.45) is 0 Å². The number of nitrogens with zero attached hydrogens (tertiary/aromatic N) is 2. The highest BCUT2D eigenvalue weighted by Gasteiger charge is 2.33. The molecule has 23 heavy (non-hydrogen) atoms. The molecule has 0 spiro atoms. The lowest BCUT2D eigenvalue weighted by Crippen LogP contribution is -2.30. The highest BCUT2D eigenvalue weighted by Crippen LogP contribution is 2.34. The molecular weight excluding hydrogens is 337 g/mol. The third-order valence-corrected chi connectivity index (χ3v) is 5.29. The van der Waals surface area contributed by atoms with Crippen LogP contribution in [0.2, 0.25) is 4.34 Å². The maximum atomic E-state index is 13.3. The molecule has 2 aromatic heterocycles. The predicted octanol–water partition coefficient (Wildman–Crippen LogP) is 4.39. The molecule has 4 rings (SSSR count). The Morgan fingerprint density at radius 2 is 2.26 bits per heavy atom. The summed E-state index contributed by atoms with van der Waals surface area (Å²) in [6, 6.07) is 7.82. The summed E-state index contributed by atoms with van der Waals surface area (Å²) >= 11 is 7.21. The van der Waals surface area contributed by atoms with Crippen molar-refractivity contribution in [2.45, 2.75) is 18.9 Å². The van der Waals surface area contributed by atoms with E-state index in [0.717, 1.165) is 12.8 Å². The number of amides is 1. The van der Waals surface area contributed by atoms with E-state index in [0.29, 0.717) is 32.6 Å². The number of benzene rings is 1. The molecule has 4 nitrogen and oxygen atoms in total. The molecule has 0 saturated carbocycles. The van der Waals surface area contributed by atoms with Crippen LogP contribution < -0.4 is 0 Å². The number of aromatic amines is 1. The van der Waals surface area contributed by atoms with Crippen LogP contribution in [-0.2, 0) is 0 Å². The van der Waals surface area contributed by atoms with Crippen LogP contribution in [0.4, 0.5) is 4.39 Å². The fraction of sp³-hybridized carbons (Fsp3) is 0.250. The molecule has 0 bridgehead atoms. The van der Waals surface area contributed by atoms with Crippen LogP contribution in [0, 0.1) is 5.82 Å². The smallest absolute Gasteiger partial charge is 0.264 e. The lowest BCUT2D eigenvalue weighted by atomic mass is 10.2. The van der Waals surface area contributed by atoms with Gasteiger partial charge in [0, 0.05) is 6.54 Å². The van der Waals surface area contributed by atoms with Crippen molar-refractivity contribution in [1.82, 2.24) is 14.9 Å². The first-order valence-electron chi connectivity index (χ1n) is 7.33. The maximum Gasteiger partial charge on any atom is 0.264 e. The van der Waals surface area contributed by atoms with Gasteiger partial charge in [0.05, 0.1) is 26.3 Å². The van der Waals surface area contributed by atoms with Crippen LogP contribution in [-0.4, -0.2) is 27.3 Å². The van der Waals surface area contributed by atoms with Crippen molar-refractivity contribution >= 4 is 39.9 Å². The standard InChI is InChI=1S/C16H13ClFN3OS/c17-14-6-5-13(23-14)16(22)21-7-1-2-12(21)15-19-10-4-3-9(18)8-11(10)20-15/h3-6,8,12H,1-2,7H2,(H,19,20)/t12-/m1/s1. The van der Waals surface area contributed by atoms with Crippen LogP contribution in [0.1, 0.15) is 34.4 Å². The highest BCUT2D eigenvalue weighted by atomic mass is 35.5. The normalized spacial score (nSPS) is 18.0. The van der Waals surface area contributed by atoms with E-state index in [1.165, 1.54) is 23.5 Å². The van der Waals surface area contributed by atoms with E-state index >= 15 is 0 Å². The van der Waals surface area contributed by atoms with Crippen LogP contribution in [0.3, 0.4) is 0 Å². The van der Waals surface area contributed by atoms with Gasteiger partial charge in [-0.1, -0.05) is 11.6 Å². The zero-order chi connectivity index (χ0) is 16.0. The Hall–Kier alpha value is -1.92. The molecular formula is C16H13ClFN3OS. The number of H-pyrrole nitrogens is 1. The zero-order valence-corrected chi connectivity index (χ0v) is 13.6. The summed E-state index contributed by atoms with van der Waals surface area (Å²) in [4.78, 5) is 22.8. The van der Waals surface area contributed by atoms with Crippen LogP contribution in [0.5, 0.6) is 0 Å². The van der Waals surface area contributed by atoms with Crippen LogP contribution >= 0.6 is 22.9 Å².